The maximum absolute atomic E-state index is 13.1. The molecular formula is C19H21F6N5. The molecule has 1 saturated heterocycles. The Morgan fingerprint density at radius 2 is 1.67 bits per heavy atom. The first-order valence-corrected chi connectivity index (χ1v) is 9.40. The third kappa shape index (κ3) is 5.32. The fourth-order valence-corrected chi connectivity index (χ4v) is 3.24. The fraction of sp³-hybridized carbons (Fsp3) is 0.474. The number of nitrogens with two attached hydrogens (primary N) is 1. The number of hydrogen-bond acceptors (Lipinski definition) is 5. The first-order valence-electron chi connectivity index (χ1n) is 9.40. The van der Waals surface area contributed by atoms with Gasteiger partial charge in [0, 0.05) is 36.6 Å². The number of benzene rings is 1. The van der Waals surface area contributed by atoms with E-state index in [1.807, 2.05) is 11.8 Å². The van der Waals surface area contributed by atoms with Crippen molar-refractivity contribution in [2.24, 2.45) is 5.73 Å². The summed E-state index contributed by atoms with van der Waals surface area (Å²) < 4.78 is 78.6. The molecule has 0 radical (unpaired) electrons. The summed E-state index contributed by atoms with van der Waals surface area (Å²) >= 11 is 0. The first-order chi connectivity index (χ1) is 14.0. The fourth-order valence-electron chi connectivity index (χ4n) is 3.24. The van der Waals surface area contributed by atoms with Gasteiger partial charge in [0.15, 0.2) is 0 Å². The number of aryl methyl sites for hydroxylation is 1. The van der Waals surface area contributed by atoms with Crippen LogP contribution in [0.2, 0.25) is 0 Å². The minimum atomic E-state index is -4.93. The van der Waals surface area contributed by atoms with Crippen molar-refractivity contribution in [1.29, 1.82) is 0 Å². The number of aromatic nitrogens is 2. The molecule has 0 amide bonds. The summed E-state index contributed by atoms with van der Waals surface area (Å²) in [5, 5.41) is 2.52. The van der Waals surface area contributed by atoms with Crippen LogP contribution in [0.3, 0.4) is 0 Å². The molecule has 1 aromatic carbocycles. The van der Waals surface area contributed by atoms with Crippen molar-refractivity contribution in [3.05, 3.63) is 41.1 Å². The lowest BCUT2D eigenvalue weighted by Gasteiger charge is -2.19. The second-order valence-corrected chi connectivity index (χ2v) is 7.21. The Hall–Kier alpha value is -2.56. The van der Waals surface area contributed by atoms with Gasteiger partial charge in [-0.2, -0.15) is 31.3 Å². The Labute approximate surface area is 169 Å². The average Bonchev–Trinajstić information content (AvgIpc) is 3.06. The van der Waals surface area contributed by atoms with Gasteiger partial charge < -0.3 is 16.0 Å². The molecule has 3 rings (SSSR count). The number of alkyl halides is 6. The van der Waals surface area contributed by atoms with Crippen LogP contribution < -0.4 is 16.0 Å². The van der Waals surface area contributed by atoms with Gasteiger partial charge in [-0.25, -0.2) is 4.98 Å². The molecule has 0 unspecified atom stereocenters. The van der Waals surface area contributed by atoms with Crippen LogP contribution in [0, 0.1) is 0 Å². The Balaban J connectivity index is 1.99. The normalized spacial score (nSPS) is 17.5. The van der Waals surface area contributed by atoms with Crippen molar-refractivity contribution in [3.63, 3.8) is 0 Å². The molecule has 30 heavy (non-hydrogen) atoms. The van der Waals surface area contributed by atoms with E-state index in [4.69, 9.17) is 5.73 Å². The smallest absolute Gasteiger partial charge is 0.355 e. The summed E-state index contributed by atoms with van der Waals surface area (Å²) in [6, 6.07) is 3.03. The van der Waals surface area contributed by atoms with Crippen LogP contribution in [0.15, 0.2) is 24.3 Å². The largest absolute Gasteiger partial charge is 0.416 e. The van der Waals surface area contributed by atoms with Crippen molar-refractivity contribution in [1.82, 2.24) is 9.97 Å². The summed E-state index contributed by atoms with van der Waals surface area (Å²) in [7, 11) is 0. The van der Waals surface area contributed by atoms with Gasteiger partial charge >= 0.3 is 12.4 Å². The first kappa shape index (κ1) is 22.1. The van der Waals surface area contributed by atoms with Gasteiger partial charge in [-0.3, -0.25) is 0 Å². The number of halogens is 6. The zero-order chi connectivity index (χ0) is 22.1. The number of hydrogen-bond donors (Lipinski definition) is 2. The quantitative estimate of drug-likeness (QED) is 0.667. The third-order valence-electron chi connectivity index (χ3n) is 4.66. The molecular weight excluding hydrogens is 412 g/mol. The van der Waals surface area contributed by atoms with E-state index in [0.29, 0.717) is 43.2 Å². The van der Waals surface area contributed by atoms with Gasteiger partial charge in [0.2, 0.25) is 5.95 Å². The molecule has 5 nitrogen and oxygen atoms in total. The van der Waals surface area contributed by atoms with Gasteiger partial charge in [-0.15, -0.1) is 0 Å². The van der Waals surface area contributed by atoms with Crippen LogP contribution in [-0.4, -0.2) is 29.1 Å². The molecule has 1 aliphatic rings. The van der Waals surface area contributed by atoms with E-state index in [1.54, 1.807) is 6.07 Å². The van der Waals surface area contributed by atoms with Crippen LogP contribution >= 0.6 is 0 Å². The summed E-state index contributed by atoms with van der Waals surface area (Å²) in [5.74, 6) is 0.468. The lowest BCUT2D eigenvalue weighted by Crippen LogP contribution is -2.27. The highest BCUT2D eigenvalue weighted by molar-refractivity contribution is 5.59. The van der Waals surface area contributed by atoms with Gasteiger partial charge in [-0.05, 0) is 31.0 Å². The second kappa shape index (κ2) is 8.29. The Morgan fingerprint density at radius 1 is 1.03 bits per heavy atom. The summed E-state index contributed by atoms with van der Waals surface area (Å²) in [4.78, 5) is 10.5. The number of nitrogens with zero attached hydrogens (tertiary/aromatic N) is 3. The van der Waals surface area contributed by atoms with Crippen LogP contribution in [0.25, 0.3) is 0 Å². The molecule has 1 aliphatic heterocycles. The number of nitrogens with one attached hydrogen (secondary N) is 1. The van der Waals surface area contributed by atoms with E-state index in [-0.39, 0.29) is 18.1 Å². The van der Waals surface area contributed by atoms with Crippen molar-refractivity contribution in [2.75, 3.05) is 23.3 Å². The van der Waals surface area contributed by atoms with Gasteiger partial charge in [0.1, 0.15) is 5.82 Å². The highest BCUT2D eigenvalue weighted by atomic mass is 19.4. The average molecular weight is 433 g/mol. The van der Waals surface area contributed by atoms with E-state index in [9.17, 15) is 26.3 Å². The maximum atomic E-state index is 13.1. The van der Waals surface area contributed by atoms with Crippen molar-refractivity contribution < 1.29 is 26.3 Å². The van der Waals surface area contributed by atoms with Crippen LogP contribution in [0.5, 0.6) is 0 Å². The van der Waals surface area contributed by atoms with Gasteiger partial charge in [-0.1, -0.05) is 13.3 Å². The minimum Gasteiger partial charge on any atom is -0.355 e. The third-order valence-corrected chi connectivity index (χ3v) is 4.66. The molecule has 11 heteroatoms. The topological polar surface area (TPSA) is 67.1 Å². The molecule has 0 saturated carbocycles. The van der Waals surface area contributed by atoms with Crippen LogP contribution in [0.4, 0.5) is 43.8 Å². The van der Waals surface area contributed by atoms with Crippen molar-refractivity contribution >= 4 is 17.5 Å². The molecule has 0 bridgehead atoms. The summed E-state index contributed by atoms with van der Waals surface area (Å²) in [6.45, 7) is 3.15. The molecule has 0 aliphatic carbocycles. The molecule has 1 atom stereocenters. The van der Waals surface area contributed by atoms with E-state index in [0.717, 1.165) is 12.8 Å². The zero-order valence-electron chi connectivity index (χ0n) is 16.1. The maximum Gasteiger partial charge on any atom is 0.416 e. The molecule has 2 aromatic rings. The monoisotopic (exact) mass is 433 g/mol. The van der Waals surface area contributed by atoms with E-state index in [1.165, 1.54) is 0 Å². The molecule has 0 spiro atoms. The lowest BCUT2D eigenvalue weighted by molar-refractivity contribution is -0.143. The Bertz CT molecular complexity index is 864. The van der Waals surface area contributed by atoms with E-state index >= 15 is 0 Å². The van der Waals surface area contributed by atoms with Gasteiger partial charge in [0.05, 0.1) is 11.1 Å². The van der Waals surface area contributed by atoms with Gasteiger partial charge in [0.25, 0.3) is 0 Å². The number of anilines is 3. The van der Waals surface area contributed by atoms with Crippen LogP contribution in [-0.2, 0) is 18.8 Å². The molecule has 3 N–H and O–H groups in total. The number of rotatable bonds is 5. The predicted octanol–water partition coefficient (Wildman–Crippen LogP) is 4.75. The van der Waals surface area contributed by atoms with Crippen molar-refractivity contribution in [2.45, 2.75) is 44.6 Å². The highest BCUT2D eigenvalue weighted by Gasteiger charge is 2.37. The zero-order valence-corrected chi connectivity index (χ0v) is 16.1. The summed E-state index contributed by atoms with van der Waals surface area (Å²) in [5.41, 5.74) is 3.35. The van der Waals surface area contributed by atoms with Crippen molar-refractivity contribution in [3.8, 4) is 0 Å². The van der Waals surface area contributed by atoms with E-state index in [2.05, 4.69) is 15.3 Å². The van der Waals surface area contributed by atoms with Crippen LogP contribution in [0.1, 0.15) is 36.6 Å². The summed E-state index contributed by atoms with van der Waals surface area (Å²) in [6.07, 6.45) is -7.75. The predicted molar refractivity (Wildman–Crippen MR) is 101 cm³/mol. The lowest BCUT2D eigenvalue weighted by atomic mass is 10.1. The molecule has 1 aromatic heterocycles. The minimum absolute atomic E-state index is 0.0242. The second-order valence-electron chi connectivity index (χ2n) is 7.21. The molecule has 164 valence electrons. The van der Waals surface area contributed by atoms with E-state index < -0.39 is 29.2 Å². The Kier molecular flexibility index (Phi) is 6.11. The standard InChI is InChI=1S/C19H21F6N5/c1-2-3-14-9-16(30-5-4-13(26)10-30)29-17(27-14)28-15-7-11(18(20,21)22)6-12(8-15)19(23,24)25/h6-9,13H,2-5,10,26H2,1H3,(H,27,28,29)/t13-/m0/s1. The Morgan fingerprint density at radius 3 is 2.17 bits per heavy atom. The molecule has 1 fully saturated rings. The SMILES string of the molecule is CCCc1cc(N2CC[C@H](N)C2)nc(Nc2cc(C(F)(F)F)cc(C(F)(F)F)c2)n1. The highest BCUT2D eigenvalue weighted by Crippen LogP contribution is 2.38. The molecule has 2 heterocycles.